The molecule has 1 aromatic carbocycles. The number of carboxylic acid groups (broad SMARTS) is 1. The molecule has 3 nitrogen and oxygen atoms in total. The average molecular weight is 245 g/mol. The van der Waals surface area contributed by atoms with E-state index in [-0.39, 0.29) is 0 Å². The summed E-state index contributed by atoms with van der Waals surface area (Å²) in [6, 6.07) is 5.45. The maximum Gasteiger partial charge on any atom is 0.335 e. The Kier molecular flexibility index (Phi) is 3.70. The van der Waals surface area contributed by atoms with Gasteiger partial charge in [-0.15, -0.1) is 0 Å². The zero-order chi connectivity index (χ0) is 13.1. The van der Waals surface area contributed by atoms with E-state index in [0.717, 1.165) is 31.5 Å². The maximum atomic E-state index is 11.0. The van der Waals surface area contributed by atoms with Crippen LogP contribution in [0.3, 0.4) is 0 Å². The van der Waals surface area contributed by atoms with E-state index in [1.807, 2.05) is 12.1 Å². The number of fused-ring (bicyclic) bond motifs is 1. The molecule has 0 aromatic heterocycles. The van der Waals surface area contributed by atoms with Gasteiger partial charge in [-0.25, -0.2) is 4.79 Å². The van der Waals surface area contributed by atoms with Crippen LogP contribution in [0.4, 0.5) is 5.69 Å². The highest BCUT2D eigenvalue weighted by Gasteiger charge is 2.17. The van der Waals surface area contributed by atoms with E-state index in [2.05, 4.69) is 24.8 Å². The molecule has 0 saturated carbocycles. The molecule has 0 saturated heterocycles. The van der Waals surface area contributed by atoms with Gasteiger partial charge in [0.25, 0.3) is 0 Å². The lowest BCUT2D eigenvalue weighted by Gasteiger charge is -2.30. The van der Waals surface area contributed by atoms with Gasteiger partial charge in [0.2, 0.25) is 0 Å². The second kappa shape index (κ2) is 5.25. The van der Waals surface area contributed by atoms with Crippen LogP contribution in [0.2, 0.25) is 0 Å². The standard InChI is InChI=1S/C15H19NO2/c1-11(2)7-9-16-8-3-4-12-10-13(15(17)18)5-6-14(12)16/h5-7,10H,3-4,8-9H2,1-2H3,(H,17,18). The van der Waals surface area contributed by atoms with Crippen LogP contribution in [0, 0.1) is 0 Å². The third-order valence-corrected chi connectivity index (χ3v) is 3.26. The third-order valence-electron chi connectivity index (χ3n) is 3.26. The summed E-state index contributed by atoms with van der Waals surface area (Å²) in [5.74, 6) is -0.848. The van der Waals surface area contributed by atoms with Crippen molar-refractivity contribution in [3.63, 3.8) is 0 Å². The summed E-state index contributed by atoms with van der Waals surface area (Å²) in [6.45, 7) is 6.14. The zero-order valence-corrected chi connectivity index (χ0v) is 10.9. The second-order valence-corrected chi connectivity index (χ2v) is 4.98. The minimum absolute atomic E-state index is 0.387. The van der Waals surface area contributed by atoms with Crippen LogP contribution in [-0.2, 0) is 6.42 Å². The second-order valence-electron chi connectivity index (χ2n) is 4.98. The lowest BCUT2D eigenvalue weighted by Crippen LogP contribution is -2.29. The number of anilines is 1. The normalized spacial score (nSPS) is 14.0. The molecule has 96 valence electrons. The topological polar surface area (TPSA) is 40.5 Å². The van der Waals surface area contributed by atoms with Gasteiger partial charge in [-0.3, -0.25) is 0 Å². The molecule has 0 amide bonds. The van der Waals surface area contributed by atoms with E-state index in [1.54, 1.807) is 6.07 Å². The number of carbonyl (C=O) groups is 1. The molecule has 1 aliphatic heterocycles. The van der Waals surface area contributed by atoms with E-state index in [4.69, 9.17) is 5.11 Å². The van der Waals surface area contributed by atoms with Crippen LogP contribution in [0.25, 0.3) is 0 Å². The number of allylic oxidation sites excluding steroid dienone is 1. The lowest BCUT2D eigenvalue weighted by molar-refractivity contribution is 0.0697. The van der Waals surface area contributed by atoms with Crippen LogP contribution in [0.15, 0.2) is 29.8 Å². The number of hydrogen-bond acceptors (Lipinski definition) is 2. The first-order valence-corrected chi connectivity index (χ1v) is 6.32. The van der Waals surface area contributed by atoms with E-state index in [0.29, 0.717) is 5.56 Å². The number of hydrogen-bond donors (Lipinski definition) is 1. The number of rotatable bonds is 3. The molecule has 0 atom stereocenters. The minimum atomic E-state index is -0.848. The van der Waals surface area contributed by atoms with Gasteiger partial charge in [-0.2, -0.15) is 0 Å². The first kappa shape index (κ1) is 12.7. The maximum absolute atomic E-state index is 11.0. The molecule has 3 heteroatoms. The fourth-order valence-corrected chi connectivity index (χ4v) is 2.29. The molecule has 0 unspecified atom stereocenters. The molecule has 0 spiro atoms. The summed E-state index contributed by atoms with van der Waals surface area (Å²) in [7, 11) is 0. The van der Waals surface area contributed by atoms with Crippen molar-refractivity contribution < 1.29 is 9.90 Å². The lowest BCUT2D eigenvalue weighted by atomic mass is 9.99. The smallest absolute Gasteiger partial charge is 0.335 e. The predicted molar refractivity (Wildman–Crippen MR) is 73.4 cm³/mol. The largest absolute Gasteiger partial charge is 0.478 e. The van der Waals surface area contributed by atoms with Crippen LogP contribution in [-0.4, -0.2) is 24.2 Å². The van der Waals surface area contributed by atoms with Crippen molar-refractivity contribution >= 4 is 11.7 Å². The Morgan fingerprint density at radius 2 is 2.22 bits per heavy atom. The molecule has 0 aliphatic carbocycles. The highest BCUT2D eigenvalue weighted by molar-refractivity contribution is 5.88. The highest BCUT2D eigenvalue weighted by atomic mass is 16.4. The van der Waals surface area contributed by atoms with Gasteiger partial charge in [0.05, 0.1) is 5.56 Å². The minimum Gasteiger partial charge on any atom is -0.478 e. The molecule has 18 heavy (non-hydrogen) atoms. The van der Waals surface area contributed by atoms with Crippen molar-refractivity contribution in [3.8, 4) is 0 Å². The number of nitrogens with zero attached hydrogens (tertiary/aromatic N) is 1. The molecule has 1 aromatic rings. The summed E-state index contributed by atoms with van der Waals surface area (Å²) in [6.07, 6.45) is 4.27. The fourth-order valence-electron chi connectivity index (χ4n) is 2.29. The van der Waals surface area contributed by atoms with Crippen molar-refractivity contribution in [1.29, 1.82) is 0 Å². The monoisotopic (exact) mass is 245 g/mol. The molecule has 0 radical (unpaired) electrons. The third kappa shape index (κ3) is 2.73. The van der Waals surface area contributed by atoms with Crippen molar-refractivity contribution in [2.75, 3.05) is 18.0 Å². The van der Waals surface area contributed by atoms with Gasteiger partial charge in [0.1, 0.15) is 0 Å². The summed E-state index contributed by atoms with van der Waals surface area (Å²) in [5.41, 5.74) is 4.04. The summed E-state index contributed by atoms with van der Waals surface area (Å²) >= 11 is 0. The Balaban J connectivity index is 2.27. The first-order valence-electron chi connectivity index (χ1n) is 6.32. The predicted octanol–water partition coefficient (Wildman–Crippen LogP) is 3.10. The zero-order valence-electron chi connectivity index (χ0n) is 10.9. The first-order chi connectivity index (χ1) is 8.58. The van der Waals surface area contributed by atoms with Crippen LogP contribution >= 0.6 is 0 Å². The Bertz CT molecular complexity index is 487. The Morgan fingerprint density at radius 3 is 2.89 bits per heavy atom. The van der Waals surface area contributed by atoms with Gasteiger partial charge < -0.3 is 10.0 Å². The Labute approximate surface area is 108 Å². The van der Waals surface area contributed by atoms with Gasteiger partial charge in [-0.05, 0) is 50.5 Å². The SMILES string of the molecule is CC(C)=CCN1CCCc2cc(C(=O)O)ccc21. The number of benzene rings is 1. The Morgan fingerprint density at radius 1 is 1.44 bits per heavy atom. The number of aromatic carboxylic acids is 1. The molecular formula is C15H19NO2. The molecule has 1 heterocycles. The Hall–Kier alpha value is -1.77. The van der Waals surface area contributed by atoms with Crippen molar-refractivity contribution in [1.82, 2.24) is 0 Å². The van der Waals surface area contributed by atoms with Gasteiger partial charge in [0.15, 0.2) is 0 Å². The number of aryl methyl sites for hydroxylation is 1. The van der Waals surface area contributed by atoms with Crippen LogP contribution < -0.4 is 4.90 Å². The van der Waals surface area contributed by atoms with Crippen molar-refractivity contribution in [3.05, 3.63) is 41.0 Å². The number of carboxylic acids is 1. The summed E-state index contributed by atoms with van der Waals surface area (Å²) < 4.78 is 0. The molecule has 1 N–H and O–H groups in total. The van der Waals surface area contributed by atoms with Crippen LogP contribution in [0.5, 0.6) is 0 Å². The fraction of sp³-hybridized carbons (Fsp3) is 0.400. The molecule has 1 aliphatic rings. The highest BCUT2D eigenvalue weighted by Crippen LogP contribution is 2.28. The quantitative estimate of drug-likeness (QED) is 0.832. The van der Waals surface area contributed by atoms with Crippen molar-refractivity contribution in [2.24, 2.45) is 0 Å². The van der Waals surface area contributed by atoms with E-state index in [1.165, 1.54) is 11.3 Å². The van der Waals surface area contributed by atoms with Crippen LogP contribution in [0.1, 0.15) is 36.2 Å². The van der Waals surface area contributed by atoms with Gasteiger partial charge in [-0.1, -0.05) is 11.6 Å². The molecule has 2 rings (SSSR count). The van der Waals surface area contributed by atoms with E-state index < -0.39 is 5.97 Å². The average Bonchev–Trinajstić information content (AvgIpc) is 2.35. The molecule has 0 fully saturated rings. The van der Waals surface area contributed by atoms with E-state index >= 15 is 0 Å². The summed E-state index contributed by atoms with van der Waals surface area (Å²) in [4.78, 5) is 13.3. The molecule has 0 bridgehead atoms. The molecular weight excluding hydrogens is 226 g/mol. The summed E-state index contributed by atoms with van der Waals surface area (Å²) in [5, 5.41) is 9.01. The van der Waals surface area contributed by atoms with Crippen molar-refractivity contribution in [2.45, 2.75) is 26.7 Å². The van der Waals surface area contributed by atoms with Gasteiger partial charge >= 0.3 is 5.97 Å². The van der Waals surface area contributed by atoms with E-state index in [9.17, 15) is 4.79 Å². The van der Waals surface area contributed by atoms with Gasteiger partial charge in [0, 0.05) is 18.8 Å².